The second kappa shape index (κ2) is 4.87. The van der Waals surface area contributed by atoms with Crippen molar-refractivity contribution in [1.82, 2.24) is 0 Å². The zero-order valence-electron chi connectivity index (χ0n) is 10.6. The monoisotopic (exact) mass is 332 g/mol. The van der Waals surface area contributed by atoms with E-state index in [9.17, 15) is 9.18 Å². The number of hydrogen-bond acceptors (Lipinski definition) is 2. The summed E-state index contributed by atoms with van der Waals surface area (Å²) in [6.45, 7) is 1.97. The Hall–Kier alpha value is -1.94. The van der Waals surface area contributed by atoms with E-state index in [-0.39, 0.29) is 17.1 Å². The molecule has 0 atom stereocenters. The number of furan rings is 1. The highest BCUT2D eigenvalue weighted by molar-refractivity contribution is 9.10. The van der Waals surface area contributed by atoms with Gasteiger partial charge in [-0.05, 0) is 43.3 Å². The number of rotatable bonds is 2. The highest BCUT2D eigenvalue weighted by atomic mass is 79.9. The summed E-state index contributed by atoms with van der Waals surface area (Å²) < 4.78 is 19.4. The third-order valence-corrected chi connectivity index (χ3v) is 3.48. The molecule has 0 spiro atoms. The molecule has 0 aliphatic heterocycles. The van der Waals surface area contributed by atoms with Crippen molar-refractivity contribution in [3.63, 3.8) is 0 Å². The number of fused-ring (bicyclic) bond motifs is 1. The Balaban J connectivity index is 2.07. The summed E-state index contributed by atoms with van der Waals surface area (Å²) in [6, 6.07) is 11.4. The smallest absolute Gasteiger partial charge is 0.228 e. The predicted molar refractivity (Wildman–Crippen MR) is 78.5 cm³/mol. The zero-order chi connectivity index (χ0) is 14.3. The highest BCUT2D eigenvalue weighted by Crippen LogP contribution is 2.24. The third-order valence-electron chi connectivity index (χ3n) is 3.02. The molecule has 0 aliphatic carbocycles. The van der Waals surface area contributed by atoms with E-state index in [0.717, 1.165) is 10.9 Å². The van der Waals surface area contributed by atoms with E-state index in [4.69, 9.17) is 4.42 Å². The first-order chi connectivity index (χ1) is 9.52. The molecule has 4 heteroatoms. The molecule has 1 aromatic heterocycles. The van der Waals surface area contributed by atoms with E-state index in [1.54, 1.807) is 12.1 Å². The SMILES string of the molecule is Cc1ccc2oc(C(=O)c3cc(F)cc(Br)c3)cc2c1. The van der Waals surface area contributed by atoms with Crippen LogP contribution in [0, 0.1) is 12.7 Å². The number of aryl methyl sites for hydroxylation is 1. The molecule has 0 amide bonds. The van der Waals surface area contributed by atoms with Gasteiger partial charge in [0, 0.05) is 15.4 Å². The minimum Gasteiger partial charge on any atom is -0.453 e. The molecule has 0 N–H and O–H groups in total. The van der Waals surface area contributed by atoms with Crippen LogP contribution in [0.15, 0.2) is 51.4 Å². The van der Waals surface area contributed by atoms with Gasteiger partial charge >= 0.3 is 0 Å². The van der Waals surface area contributed by atoms with E-state index >= 15 is 0 Å². The molecule has 0 aliphatic rings. The van der Waals surface area contributed by atoms with Crippen LogP contribution in [0.1, 0.15) is 21.7 Å². The topological polar surface area (TPSA) is 30.2 Å². The molecule has 2 nitrogen and oxygen atoms in total. The maximum absolute atomic E-state index is 13.3. The van der Waals surface area contributed by atoms with Crippen molar-refractivity contribution >= 4 is 32.7 Å². The summed E-state index contributed by atoms with van der Waals surface area (Å²) in [5.41, 5.74) is 1.99. The Morgan fingerprint density at radius 2 is 1.95 bits per heavy atom. The molecule has 0 bridgehead atoms. The van der Waals surface area contributed by atoms with Crippen LogP contribution in [0.3, 0.4) is 0 Å². The van der Waals surface area contributed by atoms with E-state index < -0.39 is 5.82 Å². The molecule has 100 valence electrons. The summed E-state index contributed by atoms with van der Waals surface area (Å²) in [6.07, 6.45) is 0. The lowest BCUT2D eigenvalue weighted by atomic mass is 10.1. The number of ketones is 1. The largest absolute Gasteiger partial charge is 0.453 e. The molecule has 0 saturated carbocycles. The maximum atomic E-state index is 13.3. The summed E-state index contributed by atoms with van der Waals surface area (Å²) in [5.74, 6) is -0.586. The normalized spacial score (nSPS) is 10.9. The summed E-state index contributed by atoms with van der Waals surface area (Å²) in [4.78, 5) is 12.3. The van der Waals surface area contributed by atoms with Crippen molar-refractivity contribution in [3.8, 4) is 0 Å². The molecule has 0 radical (unpaired) electrons. The van der Waals surface area contributed by atoms with Gasteiger partial charge in [0.1, 0.15) is 11.4 Å². The average Bonchev–Trinajstić information content (AvgIpc) is 2.79. The van der Waals surface area contributed by atoms with Crippen molar-refractivity contribution in [2.45, 2.75) is 6.92 Å². The Labute approximate surface area is 123 Å². The van der Waals surface area contributed by atoms with Crippen LogP contribution >= 0.6 is 15.9 Å². The summed E-state index contributed by atoms with van der Waals surface area (Å²) in [7, 11) is 0. The van der Waals surface area contributed by atoms with Crippen LogP contribution in [-0.4, -0.2) is 5.78 Å². The van der Waals surface area contributed by atoms with Crippen molar-refractivity contribution in [1.29, 1.82) is 0 Å². The lowest BCUT2D eigenvalue weighted by molar-refractivity contribution is 0.101. The quantitative estimate of drug-likeness (QED) is 0.626. The molecule has 0 unspecified atom stereocenters. The second-order valence-corrected chi connectivity index (χ2v) is 5.55. The Morgan fingerprint density at radius 1 is 1.15 bits per heavy atom. The fourth-order valence-electron chi connectivity index (χ4n) is 2.10. The lowest BCUT2D eigenvalue weighted by Crippen LogP contribution is -2.00. The first-order valence-electron chi connectivity index (χ1n) is 6.04. The molecule has 2 aromatic carbocycles. The molecule has 20 heavy (non-hydrogen) atoms. The van der Waals surface area contributed by atoms with E-state index in [1.165, 1.54) is 12.1 Å². The van der Waals surface area contributed by atoms with Gasteiger partial charge in [0.15, 0.2) is 5.76 Å². The standard InChI is InChI=1S/C16H10BrFO2/c1-9-2-3-14-10(4-9)7-15(20-14)16(19)11-5-12(17)8-13(18)6-11/h2-8H,1H3. The lowest BCUT2D eigenvalue weighted by Gasteiger charge is -1.99. The third kappa shape index (κ3) is 2.39. The molecule has 1 heterocycles. The van der Waals surface area contributed by atoms with Gasteiger partial charge in [-0.2, -0.15) is 0 Å². The molecule has 0 saturated heterocycles. The van der Waals surface area contributed by atoms with E-state index in [0.29, 0.717) is 10.1 Å². The Bertz CT molecular complexity index is 800. The van der Waals surface area contributed by atoms with Crippen LogP contribution in [0.4, 0.5) is 4.39 Å². The van der Waals surface area contributed by atoms with E-state index in [2.05, 4.69) is 15.9 Å². The summed E-state index contributed by atoms with van der Waals surface area (Å²) >= 11 is 3.18. The fraction of sp³-hybridized carbons (Fsp3) is 0.0625. The fourth-order valence-corrected chi connectivity index (χ4v) is 2.57. The summed E-state index contributed by atoms with van der Waals surface area (Å²) in [5, 5.41) is 0.865. The Kier molecular flexibility index (Phi) is 3.18. The average molecular weight is 333 g/mol. The molecular formula is C16H10BrFO2. The highest BCUT2D eigenvalue weighted by Gasteiger charge is 2.16. The Morgan fingerprint density at radius 3 is 2.70 bits per heavy atom. The minimum absolute atomic E-state index is 0.211. The molecule has 3 aromatic rings. The van der Waals surface area contributed by atoms with E-state index in [1.807, 2.05) is 25.1 Å². The first-order valence-corrected chi connectivity index (χ1v) is 6.83. The van der Waals surface area contributed by atoms with Crippen LogP contribution in [-0.2, 0) is 0 Å². The number of hydrogen-bond donors (Lipinski definition) is 0. The van der Waals surface area contributed by atoms with Crippen LogP contribution < -0.4 is 0 Å². The van der Waals surface area contributed by atoms with Gasteiger partial charge in [-0.15, -0.1) is 0 Å². The number of carbonyl (C=O) groups is 1. The minimum atomic E-state index is -0.463. The number of carbonyl (C=O) groups excluding carboxylic acids is 1. The van der Waals surface area contributed by atoms with Crippen molar-refractivity contribution in [3.05, 3.63) is 69.6 Å². The van der Waals surface area contributed by atoms with Gasteiger partial charge in [-0.3, -0.25) is 4.79 Å². The predicted octanol–water partition coefficient (Wildman–Crippen LogP) is 4.87. The van der Waals surface area contributed by atoms with Gasteiger partial charge < -0.3 is 4.42 Å². The van der Waals surface area contributed by atoms with Gasteiger partial charge in [0.2, 0.25) is 5.78 Å². The number of halogens is 2. The van der Waals surface area contributed by atoms with Crippen molar-refractivity contribution in [2.75, 3.05) is 0 Å². The first kappa shape index (κ1) is 13.1. The van der Waals surface area contributed by atoms with Crippen molar-refractivity contribution < 1.29 is 13.6 Å². The van der Waals surface area contributed by atoms with Crippen molar-refractivity contribution in [2.24, 2.45) is 0 Å². The maximum Gasteiger partial charge on any atom is 0.228 e. The van der Waals surface area contributed by atoms with Gasteiger partial charge in [0.05, 0.1) is 0 Å². The van der Waals surface area contributed by atoms with Gasteiger partial charge in [-0.25, -0.2) is 4.39 Å². The van der Waals surface area contributed by atoms with Gasteiger partial charge in [0.25, 0.3) is 0 Å². The second-order valence-electron chi connectivity index (χ2n) is 4.64. The molecule has 3 rings (SSSR count). The zero-order valence-corrected chi connectivity index (χ0v) is 12.2. The molecule has 0 fully saturated rings. The number of benzene rings is 2. The van der Waals surface area contributed by atoms with Gasteiger partial charge in [-0.1, -0.05) is 27.6 Å². The van der Waals surface area contributed by atoms with Crippen LogP contribution in [0.2, 0.25) is 0 Å². The van der Waals surface area contributed by atoms with Crippen LogP contribution in [0.5, 0.6) is 0 Å². The molecular weight excluding hydrogens is 323 g/mol. The van der Waals surface area contributed by atoms with Crippen LogP contribution in [0.25, 0.3) is 11.0 Å².